The number of esters is 1. The normalized spacial score (nSPS) is 32.4. The summed E-state index contributed by atoms with van der Waals surface area (Å²) in [7, 11) is 1.33. The number of hydrogen-bond donors (Lipinski definition) is 2. The number of fused-ring (bicyclic) bond motifs is 1. The van der Waals surface area contributed by atoms with Crippen LogP contribution >= 0.6 is 0 Å². The number of hydrogen-bond acceptors (Lipinski definition) is 4. The number of rotatable bonds is 3. The van der Waals surface area contributed by atoms with Gasteiger partial charge in [0, 0.05) is 6.04 Å². The molecule has 5 heteroatoms. The van der Waals surface area contributed by atoms with Gasteiger partial charge in [-0.2, -0.15) is 0 Å². The molecular formula is C13H22N2O3. The smallest absolute Gasteiger partial charge is 0.328 e. The van der Waals surface area contributed by atoms with E-state index in [1.54, 1.807) is 6.92 Å². The van der Waals surface area contributed by atoms with Gasteiger partial charge in [0.15, 0.2) is 0 Å². The maximum absolute atomic E-state index is 12.0. The van der Waals surface area contributed by atoms with E-state index < -0.39 is 12.0 Å². The molecule has 0 aromatic heterocycles. The lowest BCUT2D eigenvalue weighted by molar-refractivity contribution is -0.144. The highest BCUT2D eigenvalue weighted by Gasteiger charge is 2.38. The molecule has 1 heterocycles. The Bertz CT molecular complexity index is 318. The second-order valence-corrected chi connectivity index (χ2v) is 5.36. The largest absolute Gasteiger partial charge is 0.467 e. The molecule has 102 valence electrons. The molecule has 2 N–H and O–H groups in total. The summed E-state index contributed by atoms with van der Waals surface area (Å²) in [6, 6.07) is -0.236. The van der Waals surface area contributed by atoms with Crippen LogP contribution in [0.25, 0.3) is 0 Å². The zero-order chi connectivity index (χ0) is 13.1. The third kappa shape index (κ3) is 2.83. The van der Waals surface area contributed by atoms with Gasteiger partial charge in [0.2, 0.25) is 5.91 Å². The number of amides is 1. The molecule has 0 spiro atoms. The van der Waals surface area contributed by atoms with Crippen LogP contribution in [0.15, 0.2) is 0 Å². The second-order valence-electron chi connectivity index (χ2n) is 5.36. The summed E-state index contributed by atoms with van der Waals surface area (Å²) in [6.07, 6.45) is 5.80. The quantitative estimate of drug-likeness (QED) is 0.723. The molecule has 2 aliphatic rings. The summed E-state index contributed by atoms with van der Waals surface area (Å²) in [4.78, 5) is 23.3. The van der Waals surface area contributed by atoms with Gasteiger partial charge in [0.25, 0.3) is 0 Å². The van der Waals surface area contributed by atoms with Crippen LogP contribution in [-0.4, -0.2) is 37.1 Å². The highest BCUT2D eigenvalue weighted by Crippen LogP contribution is 2.33. The van der Waals surface area contributed by atoms with E-state index in [2.05, 4.69) is 15.4 Å². The number of carbonyl (C=O) groups is 2. The van der Waals surface area contributed by atoms with Crippen molar-refractivity contribution < 1.29 is 14.3 Å². The van der Waals surface area contributed by atoms with Crippen LogP contribution in [0.2, 0.25) is 0 Å². The molecule has 1 amide bonds. The van der Waals surface area contributed by atoms with Crippen molar-refractivity contribution in [3.8, 4) is 0 Å². The molecular weight excluding hydrogens is 232 g/mol. The van der Waals surface area contributed by atoms with Crippen LogP contribution in [-0.2, 0) is 14.3 Å². The lowest BCUT2D eigenvalue weighted by Gasteiger charge is -2.24. The SMILES string of the molecule is COC(=O)[C@H](C)NC(=O)C1CC2CCCCC2N1. The molecule has 0 aromatic rings. The first kappa shape index (κ1) is 13.3. The third-order valence-electron chi connectivity index (χ3n) is 4.09. The van der Waals surface area contributed by atoms with Crippen molar-refractivity contribution in [1.82, 2.24) is 10.6 Å². The molecule has 5 nitrogen and oxygen atoms in total. The van der Waals surface area contributed by atoms with Crippen molar-refractivity contribution in [2.24, 2.45) is 5.92 Å². The first-order valence-electron chi connectivity index (χ1n) is 6.76. The summed E-state index contributed by atoms with van der Waals surface area (Å²) >= 11 is 0. The zero-order valence-electron chi connectivity index (χ0n) is 11.1. The molecule has 2 fully saturated rings. The fraction of sp³-hybridized carbons (Fsp3) is 0.846. The monoisotopic (exact) mass is 254 g/mol. The average molecular weight is 254 g/mol. The Morgan fingerprint density at radius 3 is 2.72 bits per heavy atom. The standard InChI is InChI=1S/C13H22N2O3/c1-8(13(17)18-2)14-12(16)11-7-9-5-3-4-6-10(9)15-11/h8-11,15H,3-7H2,1-2H3,(H,14,16)/t8-,9?,10?,11?/m0/s1. The summed E-state index contributed by atoms with van der Waals surface area (Å²) in [5.41, 5.74) is 0. The summed E-state index contributed by atoms with van der Waals surface area (Å²) in [5.74, 6) is 0.143. The van der Waals surface area contributed by atoms with Crippen molar-refractivity contribution in [2.45, 2.75) is 57.2 Å². The Balaban J connectivity index is 1.85. The van der Waals surface area contributed by atoms with Gasteiger partial charge in [-0.1, -0.05) is 12.8 Å². The predicted molar refractivity (Wildman–Crippen MR) is 66.9 cm³/mol. The van der Waals surface area contributed by atoms with Crippen LogP contribution in [0.5, 0.6) is 0 Å². The van der Waals surface area contributed by atoms with E-state index in [0.717, 1.165) is 6.42 Å². The minimum Gasteiger partial charge on any atom is -0.467 e. The van der Waals surface area contributed by atoms with Gasteiger partial charge >= 0.3 is 5.97 Å². The molecule has 3 unspecified atom stereocenters. The fourth-order valence-electron chi connectivity index (χ4n) is 3.07. The van der Waals surface area contributed by atoms with Crippen molar-refractivity contribution in [3.05, 3.63) is 0 Å². The topological polar surface area (TPSA) is 67.4 Å². The summed E-state index contributed by atoms with van der Waals surface area (Å²) < 4.78 is 4.60. The Morgan fingerprint density at radius 1 is 1.33 bits per heavy atom. The molecule has 18 heavy (non-hydrogen) atoms. The highest BCUT2D eigenvalue weighted by atomic mass is 16.5. The lowest BCUT2D eigenvalue weighted by atomic mass is 9.85. The van der Waals surface area contributed by atoms with E-state index in [1.807, 2.05) is 0 Å². The summed E-state index contributed by atoms with van der Waals surface area (Å²) in [6.45, 7) is 1.64. The van der Waals surface area contributed by atoms with Crippen molar-refractivity contribution in [3.63, 3.8) is 0 Å². The Morgan fingerprint density at radius 2 is 2.06 bits per heavy atom. The molecule has 4 atom stereocenters. The van der Waals surface area contributed by atoms with Crippen LogP contribution in [0, 0.1) is 5.92 Å². The van der Waals surface area contributed by atoms with Crippen LogP contribution in [0.3, 0.4) is 0 Å². The van der Waals surface area contributed by atoms with Crippen LogP contribution in [0.1, 0.15) is 39.0 Å². The molecule has 0 aromatic carbocycles. The number of carbonyl (C=O) groups excluding carboxylic acids is 2. The van der Waals surface area contributed by atoms with Gasteiger partial charge in [-0.15, -0.1) is 0 Å². The average Bonchev–Trinajstić information content (AvgIpc) is 2.81. The maximum atomic E-state index is 12.0. The first-order chi connectivity index (χ1) is 8.61. The maximum Gasteiger partial charge on any atom is 0.328 e. The molecule has 1 saturated carbocycles. The van der Waals surface area contributed by atoms with Crippen molar-refractivity contribution >= 4 is 11.9 Å². The van der Waals surface area contributed by atoms with E-state index in [1.165, 1.54) is 32.8 Å². The fourth-order valence-corrected chi connectivity index (χ4v) is 3.07. The first-order valence-corrected chi connectivity index (χ1v) is 6.76. The Kier molecular flexibility index (Phi) is 4.22. The van der Waals surface area contributed by atoms with Gasteiger partial charge in [0.05, 0.1) is 13.2 Å². The minimum atomic E-state index is -0.577. The summed E-state index contributed by atoms with van der Waals surface area (Å²) in [5, 5.41) is 6.10. The molecule has 1 aliphatic heterocycles. The number of methoxy groups -OCH3 is 1. The number of nitrogens with one attached hydrogen (secondary N) is 2. The van der Waals surface area contributed by atoms with Gasteiger partial charge in [0.1, 0.15) is 6.04 Å². The molecule has 0 radical (unpaired) electrons. The van der Waals surface area contributed by atoms with Gasteiger partial charge in [-0.05, 0) is 32.1 Å². The number of ether oxygens (including phenoxy) is 1. The minimum absolute atomic E-state index is 0.0812. The highest BCUT2D eigenvalue weighted by molar-refractivity contribution is 5.87. The van der Waals surface area contributed by atoms with Crippen LogP contribution < -0.4 is 10.6 Å². The zero-order valence-corrected chi connectivity index (χ0v) is 11.1. The molecule has 1 saturated heterocycles. The predicted octanol–water partition coefficient (Wildman–Crippen LogP) is 0.585. The molecule has 1 aliphatic carbocycles. The van der Waals surface area contributed by atoms with E-state index in [4.69, 9.17) is 0 Å². The molecule has 0 bridgehead atoms. The van der Waals surface area contributed by atoms with E-state index in [-0.39, 0.29) is 11.9 Å². The van der Waals surface area contributed by atoms with Gasteiger partial charge < -0.3 is 15.4 Å². The Hall–Kier alpha value is -1.10. The Labute approximate surface area is 108 Å². The van der Waals surface area contributed by atoms with Crippen LogP contribution in [0.4, 0.5) is 0 Å². The van der Waals surface area contributed by atoms with Crippen molar-refractivity contribution in [2.75, 3.05) is 7.11 Å². The van der Waals surface area contributed by atoms with Gasteiger partial charge in [-0.3, -0.25) is 4.79 Å². The van der Waals surface area contributed by atoms with Crippen molar-refractivity contribution in [1.29, 1.82) is 0 Å². The lowest BCUT2D eigenvalue weighted by Crippen LogP contribution is -2.48. The van der Waals surface area contributed by atoms with E-state index in [9.17, 15) is 9.59 Å². The van der Waals surface area contributed by atoms with E-state index in [0.29, 0.717) is 12.0 Å². The van der Waals surface area contributed by atoms with E-state index >= 15 is 0 Å². The second kappa shape index (κ2) is 5.69. The molecule has 2 rings (SSSR count). The van der Waals surface area contributed by atoms with Gasteiger partial charge in [-0.25, -0.2) is 4.79 Å². The third-order valence-corrected chi connectivity index (χ3v) is 4.09.